The van der Waals surface area contributed by atoms with Crippen molar-refractivity contribution in [1.29, 1.82) is 0 Å². The smallest absolute Gasteiger partial charge is 0.423 e. The van der Waals surface area contributed by atoms with Crippen LogP contribution >= 0.6 is 0 Å². The molecule has 0 atom stereocenters. The van der Waals surface area contributed by atoms with Crippen molar-refractivity contribution in [3.63, 3.8) is 0 Å². The molecule has 0 aliphatic heterocycles. The van der Waals surface area contributed by atoms with Crippen LogP contribution in [-0.2, 0) is 17.1 Å². The van der Waals surface area contributed by atoms with Crippen LogP contribution in [0.25, 0.3) is 0 Å². The van der Waals surface area contributed by atoms with Gasteiger partial charge in [0.25, 0.3) is 0 Å². The molecule has 1 amide bonds. The first kappa shape index (κ1) is 15.2. The molecule has 0 radical (unpaired) electrons. The van der Waals surface area contributed by atoms with E-state index in [9.17, 15) is 4.79 Å². The Labute approximate surface area is 110 Å². The van der Waals surface area contributed by atoms with Crippen LogP contribution in [0.15, 0.2) is 11.2 Å². The Morgan fingerprint density at radius 1 is 1.24 bits per heavy atom. The summed E-state index contributed by atoms with van der Waals surface area (Å²) in [5, 5.41) is 11.4. The minimum Gasteiger partial charge on any atom is -0.999 e. The van der Waals surface area contributed by atoms with Gasteiger partial charge in [-0.25, -0.2) is 10.2 Å². The molecule has 2 rings (SSSR count). The molecule has 2 aromatic carbocycles. The fraction of sp³-hybridized carbons (Fsp3) is 0. The predicted molar refractivity (Wildman–Crippen MR) is 53.5 cm³/mol. The van der Waals surface area contributed by atoms with Crippen molar-refractivity contribution in [3.8, 4) is 0 Å². The molecule has 4 nitrogen and oxygen atoms in total. The molecule has 0 heterocycles. The summed E-state index contributed by atoms with van der Waals surface area (Å²) in [6, 6.07) is 22.2. The molecule has 2 aromatic rings. The standard InChI is InChI=1S/C7H3N2O2.C5H.Fe/c10-7(11)9-8-5-6-3-1-2-4-6;1-2-4-5-3-1;/h5,9H,(H,10,11);1H;/q2*-5;/b8-5-;;. The van der Waals surface area contributed by atoms with Gasteiger partial charge in [-0.15, -0.1) is 0 Å². The van der Waals surface area contributed by atoms with Gasteiger partial charge in [-0.1, -0.05) is 0 Å². The summed E-state index contributed by atoms with van der Waals surface area (Å²) in [6.45, 7) is 0. The van der Waals surface area contributed by atoms with E-state index >= 15 is 0 Å². The summed E-state index contributed by atoms with van der Waals surface area (Å²) in [4.78, 5) is 9.87. The molecule has 0 saturated heterocycles. The number of hydrazone groups is 1. The molecule has 0 aromatic heterocycles. The first-order valence-electron chi connectivity index (χ1n) is 4.03. The molecule has 0 unspecified atom stereocenters. The summed E-state index contributed by atoms with van der Waals surface area (Å²) in [5.41, 5.74) is 2.31. The number of nitrogens with zero attached hydrogens (tertiary/aromatic N) is 1. The van der Waals surface area contributed by atoms with Crippen LogP contribution in [0.2, 0.25) is 0 Å². The average molecular weight is 264 g/mol. The van der Waals surface area contributed by atoms with Gasteiger partial charge >= 0.3 is 6.09 Å². The number of rotatable bonds is 2. The fourth-order valence-electron chi connectivity index (χ4n) is 0.625. The quantitative estimate of drug-likeness (QED) is 0.365. The summed E-state index contributed by atoms with van der Waals surface area (Å²) in [7, 11) is 0. The molecule has 0 aliphatic rings. The molecule has 2 N–H and O–H groups in total. The van der Waals surface area contributed by atoms with Crippen molar-refractivity contribution >= 4 is 12.3 Å². The van der Waals surface area contributed by atoms with Crippen LogP contribution < -0.4 is 5.43 Å². The third kappa shape index (κ3) is 8.02. The predicted octanol–water partition coefficient (Wildman–Crippen LogP) is 0.812. The van der Waals surface area contributed by atoms with Gasteiger partial charge in [-0.3, -0.25) is 0 Å². The number of amides is 1. The largest absolute Gasteiger partial charge is 0.999 e. The maximum Gasteiger partial charge on any atom is 0.423 e. The molecule has 0 bridgehead atoms. The van der Waals surface area contributed by atoms with Crippen molar-refractivity contribution in [2.75, 3.05) is 0 Å². The Morgan fingerprint density at radius 3 is 2.24 bits per heavy atom. The molecular formula is C12H4FeN2O2-10. The Kier molecular flexibility index (Phi) is 8.37. The van der Waals surface area contributed by atoms with E-state index in [2.05, 4.69) is 53.6 Å². The third-order valence-electron chi connectivity index (χ3n) is 1.16. The van der Waals surface area contributed by atoms with Crippen LogP contribution in [0.4, 0.5) is 4.79 Å². The first-order valence-corrected chi connectivity index (χ1v) is 4.03. The van der Waals surface area contributed by atoms with Gasteiger partial charge in [0.2, 0.25) is 0 Å². The SMILES string of the molecule is O=C(O)N/N=C\[c-]1[c-][c-][c-][c-]1.[Fe].[c-]1[c-][c-][cH-][c-]1. The molecule has 0 saturated carbocycles. The van der Waals surface area contributed by atoms with E-state index in [1.54, 1.807) is 11.5 Å². The van der Waals surface area contributed by atoms with E-state index in [0.29, 0.717) is 5.56 Å². The minimum atomic E-state index is -1.21. The zero-order valence-corrected chi connectivity index (χ0v) is 9.42. The second-order valence-corrected chi connectivity index (χ2v) is 2.27. The zero-order chi connectivity index (χ0) is 11.6. The van der Waals surface area contributed by atoms with Gasteiger partial charge in [-0.05, 0) is 0 Å². The van der Waals surface area contributed by atoms with Crippen molar-refractivity contribution in [1.82, 2.24) is 5.43 Å². The van der Waals surface area contributed by atoms with E-state index in [1.165, 1.54) is 6.21 Å². The number of carboxylic acid groups (broad SMARTS) is 1. The Bertz CT molecular complexity index is 390. The molecule has 0 aliphatic carbocycles. The second-order valence-electron chi connectivity index (χ2n) is 2.27. The second kappa shape index (κ2) is 9.39. The molecule has 0 fully saturated rings. The van der Waals surface area contributed by atoms with E-state index in [4.69, 9.17) is 5.11 Å². The van der Waals surface area contributed by atoms with Gasteiger partial charge in [0.1, 0.15) is 0 Å². The van der Waals surface area contributed by atoms with Crippen LogP contribution in [0.1, 0.15) is 5.56 Å². The van der Waals surface area contributed by atoms with Gasteiger partial charge in [0.15, 0.2) is 0 Å². The van der Waals surface area contributed by atoms with Gasteiger partial charge in [0.05, 0.1) is 0 Å². The van der Waals surface area contributed by atoms with Crippen LogP contribution in [0, 0.1) is 48.5 Å². The number of nitrogens with one attached hydrogen (secondary N) is 1. The van der Waals surface area contributed by atoms with Crippen molar-refractivity contribution in [3.05, 3.63) is 60.2 Å². The van der Waals surface area contributed by atoms with Crippen LogP contribution in [-0.4, -0.2) is 17.4 Å². The third-order valence-corrected chi connectivity index (χ3v) is 1.16. The van der Waals surface area contributed by atoms with E-state index in [0.717, 1.165) is 0 Å². The van der Waals surface area contributed by atoms with Gasteiger partial charge < -0.3 is 76.6 Å². The maximum absolute atomic E-state index is 9.87. The van der Waals surface area contributed by atoms with Crippen molar-refractivity contribution in [2.45, 2.75) is 0 Å². The monoisotopic (exact) mass is 264 g/mol. The Hall–Kier alpha value is -1.84. The molecule has 17 heavy (non-hydrogen) atoms. The van der Waals surface area contributed by atoms with E-state index in [1.807, 2.05) is 0 Å². The summed E-state index contributed by atoms with van der Waals surface area (Å²) in [6.07, 6.45) is 0.0574. The maximum atomic E-state index is 9.87. The number of hydrogen-bond donors (Lipinski definition) is 2. The van der Waals surface area contributed by atoms with Crippen molar-refractivity contribution < 1.29 is 27.0 Å². The van der Waals surface area contributed by atoms with E-state index in [-0.39, 0.29) is 17.1 Å². The summed E-state index contributed by atoms with van der Waals surface area (Å²) >= 11 is 0. The molecule has 5 heteroatoms. The van der Waals surface area contributed by atoms with Gasteiger partial charge in [-0.2, -0.15) is 0 Å². The molecular weight excluding hydrogens is 260 g/mol. The van der Waals surface area contributed by atoms with Gasteiger partial charge in [0, 0.05) is 17.1 Å². The zero-order valence-electron chi connectivity index (χ0n) is 8.31. The fourth-order valence-corrected chi connectivity index (χ4v) is 0.625. The normalized spacial score (nSPS) is 8.94. The van der Waals surface area contributed by atoms with Crippen LogP contribution in [0.3, 0.4) is 0 Å². The molecule has 92 valence electrons. The molecule has 0 spiro atoms. The average Bonchev–Trinajstić information content (AvgIpc) is 2.93. The Balaban J connectivity index is 0.000000360. The number of carbonyl (C=O) groups is 1. The topological polar surface area (TPSA) is 61.7 Å². The first-order chi connectivity index (χ1) is 7.79. The number of hydrogen-bond acceptors (Lipinski definition) is 2. The van der Waals surface area contributed by atoms with E-state index < -0.39 is 6.09 Å². The Morgan fingerprint density at radius 2 is 1.82 bits per heavy atom. The summed E-state index contributed by atoms with van der Waals surface area (Å²) in [5.74, 6) is 0. The van der Waals surface area contributed by atoms with Crippen molar-refractivity contribution in [2.24, 2.45) is 5.10 Å². The minimum absolute atomic E-state index is 0. The van der Waals surface area contributed by atoms with Crippen LogP contribution in [0.5, 0.6) is 0 Å². The summed E-state index contributed by atoms with van der Waals surface area (Å²) < 4.78 is 0.